The summed E-state index contributed by atoms with van der Waals surface area (Å²) in [5.74, 6) is 0. The average Bonchev–Trinajstić information content (AvgIpc) is 2.82. The van der Waals surface area contributed by atoms with Crippen molar-refractivity contribution >= 4 is 11.8 Å². The van der Waals surface area contributed by atoms with E-state index in [4.69, 9.17) is 4.42 Å². The number of aliphatic hydroxyl groups is 1. The Morgan fingerprint density at radius 2 is 2.31 bits per heavy atom. The lowest BCUT2D eigenvalue weighted by Crippen LogP contribution is -1.97. The number of oxazole rings is 1. The lowest BCUT2D eigenvalue weighted by atomic mass is 10.2. The minimum atomic E-state index is -0.485. The molecule has 2 rings (SSSR count). The molecular weight excluding hydrogens is 224 g/mol. The van der Waals surface area contributed by atoms with Gasteiger partial charge in [-0.3, -0.25) is 4.98 Å². The molecule has 0 bridgehead atoms. The summed E-state index contributed by atoms with van der Waals surface area (Å²) < 4.78 is 5.11. The Balaban J connectivity index is 2.07. The van der Waals surface area contributed by atoms with Crippen molar-refractivity contribution in [2.45, 2.75) is 29.6 Å². The van der Waals surface area contributed by atoms with Gasteiger partial charge >= 0.3 is 0 Å². The number of aliphatic hydroxyl groups excluding tert-OH is 1. The van der Waals surface area contributed by atoms with E-state index < -0.39 is 6.10 Å². The van der Waals surface area contributed by atoms with E-state index in [1.54, 1.807) is 12.4 Å². The summed E-state index contributed by atoms with van der Waals surface area (Å²) in [6.45, 7) is 1.92. The van der Waals surface area contributed by atoms with Gasteiger partial charge in [0.2, 0.25) is 0 Å². The van der Waals surface area contributed by atoms with Crippen LogP contribution in [0.1, 0.15) is 25.1 Å². The van der Waals surface area contributed by atoms with Crippen molar-refractivity contribution in [2.75, 3.05) is 0 Å². The van der Waals surface area contributed by atoms with E-state index >= 15 is 0 Å². The molecule has 2 aromatic heterocycles. The summed E-state index contributed by atoms with van der Waals surface area (Å²) in [6.07, 6.45) is 5.03. The molecule has 84 valence electrons. The second-order valence-corrected chi connectivity index (χ2v) is 4.27. The van der Waals surface area contributed by atoms with Crippen molar-refractivity contribution in [3.8, 4) is 0 Å². The maximum Gasteiger partial charge on any atom is 0.260 e. The quantitative estimate of drug-likeness (QED) is 0.884. The van der Waals surface area contributed by atoms with Crippen LogP contribution in [0, 0.1) is 0 Å². The molecule has 4 nitrogen and oxygen atoms in total. The summed E-state index contributed by atoms with van der Waals surface area (Å²) in [4.78, 5) is 9.13. The highest BCUT2D eigenvalue weighted by Gasteiger charge is 2.07. The molecule has 1 N–H and O–H groups in total. The first-order valence-electron chi connectivity index (χ1n) is 5.01. The maximum atomic E-state index is 9.58. The Kier molecular flexibility index (Phi) is 3.58. The second kappa shape index (κ2) is 5.14. The minimum absolute atomic E-state index is 0.485. The van der Waals surface area contributed by atoms with Gasteiger partial charge in [0.1, 0.15) is 6.26 Å². The van der Waals surface area contributed by atoms with Crippen LogP contribution in [0.4, 0.5) is 0 Å². The van der Waals surface area contributed by atoms with Gasteiger partial charge in [0, 0.05) is 11.1 Å². The molecule has 2 aromatic rings. The first-order valence-corrected chi connectivity index (χ1v) is 5.82. The topological polar surface area (TPSA) is 59.2 Å². The Labute approximate surface area is 97.7 Å². The molecule has 0 saturated carbocycles. The highest BCUT2D eigenvalue weighted by Crippen LogP contribution is 2.26. The smallest absolute Gasteiger partial charge is 0.260 e. The third-order valence-electron chi connectivity index (χ3n) is 2.10. The van der Waals surface area contributed by atoms with Crippen LogP contribution in [-0.2, 0) is 0 Å². The number of nitrogens with zero attached hydrogens (tertiary/aromatic N) is 2. The van der Waals surface area contributed by atoms with E-state index in [1.165, 1.54) is 18.0 Å². The van der Waals surface area contributed by atoms with Crippen LogP contribution in [-0.4, -0.2) is 15.1 Å². The van der Waals surface area contributed by atoms with E-state index in [-0.39, 0.29) is 0 Å². The van der Waals surface area contributed by atoms with Gasteiger partial charge in [-0.25, -0.2) is 4.98 Å². The normalized spacial score (nSPS) is 12.6. The van der Waals surface area contributed by atoms with Gasteiger partial charge in [-0.15, -0.1) is 0 Å². The zero-order valence-corrected chi connectivity index (χ0v) is 9.65. The summed E-state index contributed by atoms with van der Waals surface area (Å²) in [7, 11) is 0. The fourth-order valence-corrected chi connectivity index (χ4v) is 1.88. The molecule has 16 heavy (non-hydrogen) atoms. The zero-order valence-electron chi connectivity index (χ0n) is 8.83. The summed E-state index contributed by atoms with van der Waals surface area (Å²) >= 11 is 1.40. The predicted molar refractivity (Wildman–Crippen MR) is 60.1 cm³/mol. The fraction of sp³-hybridized carbons (Fsp3) is 0.273. The molecule has 0 spiro atoms. The van der Waals surface area contributed by atoms with Gasteiger partial charge in [0.05, 0.1) is 18.0 Å². The number of aromatic nitrogens is 2. The molecule has 0 aliphatic rings. The summed E-state index contributed by atoms with van der Waals surface area (Å²) in [5.41, 5.74) is 0.694. The molecule has 0 fully saturated rings. The molecular formula is C11H12N2O2S. The minimum Gasteiger partial charge on any atom is -0.440 e. The molecule has 0 aliphatic carbocycles. The van der Waals surface area contributed by atoms with Gasteiger partial charge in [0.25, 0.3) is 5.22 Å². The molecule has 0 aromatic carbocycles. The van der Waals surface area contributed by atoms with E-state index in [2.05, 4.69) is 9.97 Å². The number of rotatable bonds is 4. The Morgan fingerprint density at radius 1 is 1.44 bits per heavy atom. The van der Waals surface area contributed by atoms with Crippen LogP contribution in [0.25, 0.3) is 0 Å². The number of hydrogen-bond acceptors (Lipinski definition) is 5. The number of pyridine rings is 1. The summed E-state index contributed by atoms with van der Waals surface area (Å²) in [6, 6.07) is 3.72. The first kappa shape index (κ1) is 11.2. The van der Waals surface area contributed by atoms with Crippen molar-refractivity contribution in [1.29, 1.82) is 0 Å². The average molecular weight is 236 g/mol. The van der Waals surface area contributed by atoms with E-state index in [1.807, 2.05) is 19.1 Å². The third-order valence-corrected chi connectivity index (χ3v) is 2.96. The van der Waals surface area contributed by atoms with Crippen molar-refractivity contribution < 1.29 is 9.52 Å². The molecule has 2 heterocycles. The lowest BCUT2D eigenvalue weighted by molar-refractivity contribution is 0.169. The second-order valence-electron chi connectivity index (χ2n) is 3.24. The van der Waals surface area contributed by atoms with Crippen molar-refractivity contribution in [3.63, 3.8) is 0 Å². The zero-order chi connectivity index (χ0) is 11.4. The van der Waals surface area contributed by atoms with Crippen LogP contribution < -0.4 is 0 Å². The summed E-state index contributed by atoms with van der Waals surface area (Å²) in [5, 5.41) is 10.2. The van der Waals surface area contributed by atoms with E-state index in [0.29, 0.717) is 17.3 Å². The monoisotopic (exact) mass is 236 g/mol. The molecule has 1 atom stereocenters. The first-order chi connectivity index (χ1) is 7.79. The molecule has 0 unspecified atom stereocenters. The van der Waals surface area contributed by atoms with Crippen molar-refractivity contribution in [1.82, 2.24) is 9.97 Å². The van der Waals surface area contributed by atoms with Crippen LogP contribution >= 0.6 is 11.8 Å². The maximum absolute atomic E-state index is 9.58. The number of hydrogen-bond donors (Lipinski definition) is 1. The van der Waals surface area contributed by atoms with Gasteiger partial charge in [0.15, 0.2) is 0 Å². The largest absolute Gasteiger partial charge is 0.440 e. The Hall–Kier alpha value is -1.33. The van der Waals surface area contributed by atoms with Gasteiger partial charge in [-0.05, 0) is 30.3 Å². The fourth-order valence-electron chi connectivity index (χ4n) is 1.22. The molecule has 0 saturated heterocycles. The van der Waals surface area contributed by atoms with Crippen LogP contribution in [0.2, 0.25) is 0 Å². The SMILES string of the molecule is CC[C@@H](O)c1ccc(Sc2ncco2)cn1. The van der Waals surface area contributed by atoms with Crippen LogP contribution in [0.15, 0.2) is 45.3 Å². The van der Waals surface area contributed by atoms with Crippen LogP contribution in [0.3, 0.4) is 0 Å². The standard InChI is InChI=1S/C11H12N2O2S/c1-2-10(14)9-4-3-8(7-13-9)16-11-12-5-6-15-11/h3-7,10,14H,2H2,1H3/t10-/m1/s1. The molecule has 0 radical (unpaired) electrons. The Bertz CT molecular complexity index is 428. The van der Waals surface area contributed by atoms with Crippen molar-refractivity contribution in [3.05, 3.63) is 36.5 Å². The highest BCUT2D eigenvalue weighted by atomic mass is 32.2. The Morgan fingerprint density at radius 3 is 2.88 bits per heavy atom. The van der Waals surface area contributed by atoms with Crippen LogP contribution in [0.5, 0.6) is 0 Å². The van der Waals surface area contributed by atoms with E-state index in [0.717, 1.165) is 4.90 Å². The molecule has 0 amide bonds. The lowest BCUT2D eigenvalue weighted by Gasteiger charge is -2.06. The van der Waals surface area contributed by atoms with Gasteiger partial charge in [-0.1, -0.05) is 6.92 Å². The van der Waals surface area contributed by atoms with Gasteiger partial charge in [-0.2, -0.15) is 0 Å². The highest BCUT2D eigenvalue weighted by molar-refractivity contribution is 7.99. The third kappa shape index (κ3) is 2.62. The predicted octanol–water partition coefficient (Wildman–Crippen LogP) is 2.66. The van der Waals surface area contributed by atoms with Crippen molar-refractivity contribution in [2.24, 2.45) is 0 Å². The van der Waals surface area contributed by atoms with E-state index in [9.17, 15) is 5.11 Å². The molecule has 0 aliphatic heterocycles. The van der Waals surface area contributed by atoms with Gasteiger partial charge < -0.3 is 9.52 Å². The molecule has 5 heteroatoms.